The van der Waals surface area contributed by atoms with E-state index in [0.29, 0.717) is 0 Å². The zero-order chi connectivity index (χ0) is 7.40. The SMILES string of the molecule is CCCC1=CNOC1C#N. The van der Waals surface area contributed by atoms with E-state index < -0.39 is 0 Å². The summed E-state index contributed by atoms with van der Waals surface area (Å²) < 4.78 is 0. The van der Waals surface area contributed by atoms with Crippen LogP contribution in [0.2, 0.25) is 0 Å². The number of nitrogens with zero attached hydrogens (tertiary/aromatic N) is 1. The van der Waals surface area contributed by atoms with Crippen LogP contribution < -0.4 is 5.48 Å². The summed E-state index contributed by atoms with van der Waals surface area (Å²) in [5, 5.41) is 8.51. The first-order chi connectivity index (χ1) is 4.88. The molecule has 10 heavy (non-hydrogen) atoms. The molecule has 0 saturated carbocycles. The van der Waals surface area contributed by atoms with Crippen LogP contribution >= 0.6 is 0 Å². The maximum atomic E-state index is 8.51. The Morgan fingerprint density at radius 3 is 3.30 bits per heavy atom. The van der Waals surface area contributed by atoms with Crippen LogP contribution in [-0.4, -0.2) is 6.10 Å². The van der Waals surface area contributed by atoms with Crippen LogP contribution in [0.1, 0.15) is 19.8 Å². The quantitative estimate of drug-likeness (QED) is 0.621. The van der Waals surface area contributed by atoms with Gasteiger partial charge in [0.25, 0.3) is 0 Å². The van der Waals surface area contributed by atoms with Crippen molar-refractivity contribution >= 4 is 0 Å². The van der Waals surface area contributed by atoms with Crippen molar-refractivity contribution < 1.29 is 4.84 Å². The lowest BCUT2D eigenvalue weighted by molar-refractivity contribution is 0.0730. The van der Waals surface area contributed by atoms with Gasteiger partial charge in [-0.15, -0.1) is 0 Å². The summed E-state index contributed by atoms with van der Waals surface area (Å²) in [6.07, 6.45) is 3.39. The van der Waals surface area contributed by atoms with Crippen molar-refractivity contribution in [3.8, 4) is 6.07 Å². The van der Waals surface area contributed by atoms with Gasteiger partial charge in [-0.2, -0.15) is 5.26 Å². The first kappa shape index (κ1) is 7.10. The van der Waals surface area contributed by atoms with Gasteiger partial charge >= 0.3 is 0 Å². The Kier molecular flexibility index (Phi) is 2.30. The second-order valence-electron chi connectivity index (χ2n) is 2.21. The third-order valence-electron chi connectivity index (χ3n) is 1.42. The summed E-state index contributed by atoms with van der Waals surface area (Å²) in [7, 11) is 0. The van der Waals surface area contributed by atoms with Crippen LogP contribution in [0.15, 0.2) is 11.8 Å². The van der Waals surface area contributed by atoms with Gasteiger partial charge in [0.05, 0.1) is 0 Å². The summed E-state index contributed by atoms with van der Waals surface area (Å²) in [4.78, 5) is 4.86. The van der Waals surface area contributed by atoms with Crippen molar-refractivity contribution in [2.75, 3.05) is 0 Å². The molecule has 0 saturated heterocycles. The van der Waals surface area contributed by atoms with E-state index in [1.807, 2.05) is 6.07 Å². The second-order valence-corrected chi connectivity index (χ2v) is 2.21. The Bertz CT molecular complexity index is 181. The van der Waals surface area contributed by atoms with Crippen molar-refractivity contribution in [1.29, 1.82) is 5.26 Å². The van der Waals surface area contributed by atoms with Crippen LogP contribution in [0.4, 0.5) is 0 Å². The molecule has 1 N–H and O–H groups in total. The maximum absolute atomic E-state index is 8.51. The standard InChI is InChI=1S/C7H10N2O/c1-2-3-6-5-9-10-7(6)4-8/h5,7,9H,2-3H2,1H3. The summed E-state index contributed by atoms with van der Waals surface area (Å²) in [5.74, 6) is 0. The van der Waals surface area contributed by atoms with Crippen LogP contribution in [0, 0.1) is 11.3 Å². The van der Waals surface area contributed by atoms with Crippen molar-refractivity contribution in [3.05, 3.63) is 11.8 Å². The molecule has 0 aromatic heterocycles. The van der Waals surface area contributed by atoms with Crippen molar-refractivity contribution in [3.63, 3.8) is 0 Å². The van der Waals surface area contributed by atoms with Gasteiger partial charge < -0.3 is 0 Å². The fourth-order valence-electron chi connectivity index (χ4n) is 0.930. The van der Waals surface area contributed by atoms with E-state index in [1.54, 1.807) is 6.20 Å². The molecule has 1 aliphatic rings. The van der Waals surface area contributed by atoms with Gasteiger partial charge in [-0.05, 0) is 12.0 Å². The van der Waals surface area contributed by atoms with E-state index in [4.69, 9.17) is 10.1 Å². The molecular formula is C7H10N2O. The molecule has 1 heterocycles. The van der Waals surface area contributed by atoms with E-state index in [-0.39, 0.29) is 6.10 Å². The summed E-state index contributed by atoms with van der Waals surface area (Å²) in [6.45, 7) is 2.08. The molecule has 0 spiro atoms. The van der Waals surface area contributed by atoms with Gasteiger partial charge in [-0.3, -0.25) is 10.3 Å². The Hall–Kier alpha value is -1.01. The van der Waals surface area contributed by atoms with Gasteiger partial charge in [0.2, 0.25) is 0 Å². The minimum atomic E-state index is -0.361. The fraction of sp³-hybridized carbons (Fsp3) is 0.571. The number of rotatable bonds is 2. The highest BCUT2D eigenvalue weighted by Crippen LogP contribution is 2.15. The predicted octanol–water partition coefficient (Wildman–Crippen LogP) is 1.10. The fourth-order valence-corrected chi connectivity index (χ4v) is 0.930. The molecule has 3 heteroatoms. The highest BCUT2D eigenvalue weighted by molar-refractivity contribution is 5.18. The third-order valence-corrected chi connectivity index (χ3v) is 1.42. The molecule has 3 nitrogen and oxygen atoms in total. The predicted molar refractivity (Wildman–Crippen MR) is 36.6 cm³/mol. The molecule has 1 aliphatic heterocycles. The number of nitriles is 1. The van der Waals surface area contributed by atoms with Gasteiger partial charge in [-0.1, -0.05) is 13.3 Å². The van der Waals surface area contributed by atoms with E-state index in [0.717, 1.165) is 18.4 Å². The van der Waals surface area contributed by atoms with E-state index in [1.165, 1.54) is 0 Å². The Balaban J connectivity index is 2.50. The molecule has 1 rings (SSSR count). The van der Waals surface area contributed by atoms with Gasteiger partial charge in [0, 0.05) is 6.20 Å². The molecular weight excluding hydrogens is 128 g/mol. The largest absolute Gasteiger partial charge is 0.272 e. The molecule has 54 valence electrons. The van der Waals surface area contributed by atoms with Crippen molar-refractivity contribution in [2.24, 2.45) is 0 Å². The highest BCUT2D eigenvalue weighted by Gasteiger charge is 2.17. The van der Waals surface area contributed by atoms with E-state index >= 15 is 0 Å². The summed E-state index contributed by atoms with van der Waals surface area (Å²) in [5.41, 5.74) is 3.62. The molecule has 1 unspecified atom stereocenters. The first-order valence-corrected chi connectivity index (χ1v) is 3.38. The lowest BCUT2D eigenvalue weighted by Crippen LogP contribution is -2.10. The molecule has 0 radical (unpaired) electrons. The smallest absolute Gasteiger partial charge is 0.194 e. The van der Waals surface area contributed by atoms with Crippen LogP contribution in [-0.2, 0) is 4.84 Å². The van der Waals surface area contributed by atoms with Crippen LogP contribution in [0.5, 0.6) is 0 Å². The van der Waals surface area contributed by atoms with E-state index in [2.05, 4.69) is 12.4 Å². The monoisotopic (exact) mass is 138 g/mol. The lowest BCUT2D eigenvalue weighted by Gasteiger charge is -2.00. The lowest BCUT2D eigenvalue weighted by atomic mass is 10.1. The second kappa shape index (κ2) is 3.23. The zero-order valence-corrected chi connectivity index (χ0v) is 5.92. The number of hydrogen-bond donors (Lipinski definition) is 1. The van der Waals surface area contributed by atoms with Gasteiger partial charge in [-0.25, -0.2) is 0 Å². The van der Waals surface area contributed by atoms with Crippen LogP contribution in [0.25, 0.3) is 0 Å². The normalized spacial score (nSPS) is 23.2. The molecule has 0 bridgehead atoms. The zero-order valence-electron chi connectivity index (χ0n) is 5.92. The Labute approximate surface area is 60.2 Å². The first-order valence-electron chi connectivity index (χ1n) is 3.38. The minimum Gasteiger partial charge on any atom is -0.272 e. The van der Waals surface area contributed by atoms with Gasteiger partial charge in [0.1, 0.15) is 6.07 Å². The van der Waals surface area contributed by atoms with Gasteiger partial charge in [0.15, 0.2) is 6.10 Å². The molecule has 0 fully saturated rings. The molecule has 0 aliphatic carbocycles. The average Bonchev–Trinajstić information content (AvgIpc) is 2.36. The molecule has 0 aromatic rings. The van der Waals surface area contributed by atoms with E-state index in [9.17, 15) is 0 Å². The maximum Gasteiger partial charge on any atom is 0.194 e. The molecule has 1 atom stereocenters. The number of nitrogens with one attached hydrogen (secondary N) is 1. The Morgan fingerprint density at radius 1 is 1.90 bits per heavy atom. The summed E-state index contributed by atoms with van der Waals surface area (Å²) >= 11 is 0. The summed E-state index contributed by atoms with van der Waals surface area (Å²) in [6, 6.07) is 2.05. The topological polar surface area (TPSA) is 45.0 Å². The number of hydroxylamine groups is 1. The molecule has 0 aromatic carbocycles. The number of hydrogen-bond acceptors (Lipinski definition) is 3. The Morgan fingerprint density at radius 2 is 2.70 bits per heavy atom. The van der Waals surface area contributed by atoms with Crippen molar-refractivity contribution in [1.82, 2.24) is 5.48 Å². The minimum absolute atomic E-state index is 0.361. The average molecular weight is 138 g/mol. The highest BCUT2D eigenvalue weighted by atomic mass is 16.7. The third kappa shape index (κ3) is 1.28. The van der Waals surface area contributed by atoms with Crippen molar-refractivity contribution in [2.45, 2.75) is 25.9 Å². The molecule has 0 amide bonds. The van der Waals surface area contributed by atoms with Crippen LogP contribution in [0.3, 0.4) is 0 Å².